The van der Waals surface area contributed by atoms with Crippen molar-refractivity contribution in [2.45, 2.75) is 13.1 Å². The number of piperazine rings is 1. The van der Waals surface area contributed by atoms with Crippen molar-refractivity contribution < 1.29 is 22.8 Å². The Bertz CT molecular complexity index is 860. The van der Waals surface area contributed by atoms with Gasteiger partial charge in [-0.3, -0.25) is 14.6 Å². The number of pyridine rings is 1. The lowest BCUT2D eigenvalue weighted by molar-refractivity contribution is -0.137. The van der Waals surface area contributed by atoms with E-state index < -0.39 is 17.6 Å². The van der Waals surface area contributed by atoms with E-state index in [0.717, 1.165) is 17.8 Å². The van der Waals surface area contributed by atoms with E-state index in [4.69, 9.17) is 0 Å². The summed E-state index contributed by atoms with van der Waals surface area (Å²) in [4.78, 5) is 31.7. The molecule has 2 amide bonds. The van der Waals surface area contributed by atoms with Gasteiger partial charge in [-0.25, -0.2) is 0 Å². The molecule has 6 nitrogen and oxygen atoms in total. The zero-order chi connectivity index (χ0) is 20.3. The summed E-state index contributed by atoms with van der Waals surface area (Å²) in [5.41, 5.74) is 0.428. The molecule has 0 unspecified atom stereocenters. The number of nitrogens with zero attached hydrogens (tertiary/aromatic N) is 3. The number of amides is 2. The molecule has 0 atom stereocenters. The van der Waals surface area contributed by atoms with Gasteiger partial charge in [0.1, 0.15) is 5.69 Å². The Hall–Kier alpha value is -3.10. The smallest absolute Gasteiger partial charge is 0.368 e. The molecule has 1 aliphatic rings. The van der Waals surface area contributed by atoms with Gasteiger partial charge in [-0.05, 0) is 36.4 Å². The lowest BCUT2D eigenvalue weighted by Crippen LogP contribution is -2.48. The third-order valence-electron chi connectivity index (χ3n) is 4.54. The Morgan fingerprint density at radius 2 is 1.68 bits per heavy atom. The summed E-state index contributed by atoms with van der Waals surface area (Å²) in [7, 11) is 0. The summed E-state index contributed by atoms with van der Waals surface area (Å²) in [6, 6.07) is 7.63. The highest BCUT2D eigenvalue weighted by atomic mass is 19.4. The maximum Gasteiger partial charge on any atom is 0.416 e. The first-order chi connectivity index (χ1) is 13.2. The van der Waals surface area contributed by atoms with Crippen LogP contribution in [0.1, 0.15) is 23.0 Å². The second-order valence-corrected chi connectivity index (χ2v) is 6.42. The summed E-state index contributed by atoms with van der Waals surface area (Å²) in [6.07, 6.45) is -2.92. The van der Waals surface area contributed by atoms with Crippen molar-refractivity contribution in [1.82, 2.24) is 9.88 Å². The fraction of sp³-hybridized carbons (Fsp3) is 0.316. The molecular formula is C19H19F3N4O2. The number of hydrogen-bond acceptors (Lipinski definition) is 4. The van der Waals surface area contributed by atoms with Gasteiger partial charge in [-0.1, -0.05) is 0 Å². The van der Waals surface area contributed by atoms with Crippen molar-refractivity contribution in [1.29, 1.82) is 0 Å². The summed E-state index contributed by atoms with van der Waals surface area (Å²) >= 11 is 0. The van der Waals surface area contributed by atoms with Gasteiger partial charge in [-0.2, -0.15) is 13.2 Å². The highest BCUT2D eigenvalue weighted by Crippen LogP contribution is 2.30. The van der Waals surface area contributed by atoms with Crippen molar-refractivity contribution in [3.05, 3.63) is 53.9 Å². The third-order valence-corrected chi connectivity index (χ3v) is 4.54. The zero-order valence-corrected chi connectivity index (χ0v) is 15.2. The summed E-state index contributed by atoms with van der Waals surface area (Å²) in [5.74, 6) is -0.477. The molecule has 1 fully saturated rings. The third kappa shape index (κ3) is 4.59. The summed E-state index contributed by atoms with van der Waals surface area (Å²) in [5, 5.41) is 2.55. The van der Waals surface area contributed by atoms with Gasteiger partial charge in [0.2, 0.25) is 5.91 Å². The van der Waals surface area contributed by atoms with Crippen LogP contribution in [-0.4, -0.2) is 47.9 Å². The minimum Gasteiger partial charge on any atom is -0.368 e. The fourth-order valence-electron chi connectivity index (χ4n) is 2.96. The molecule has 148 valence electrons. The number of hydrogen-bond donors (Lipinski definition) is 1. The number of alkyl halides is 3. The molecule has 1 aliphatic heterocycles. The van der Waals surface area contributed by atoms with Crippen LogP contribution in [0.3, 0.4) is 0 Å². The Kier molecular flexibility index (Phi) is 5.53. The Balaban J connectivity index is 1.66. The first kappa shape index (κ1) is 19.7. The summed E-state index contributed by atoms with van der Waals surface area (Å²) < 4.78 is 37.8. The van der Waals surface area contributed by atoms with Crippen LogP contribution in [0, 0.1) is 0 Å². The second-order valence-electron chi connectivity index (χ2n) is 6.42. The number of carbonyl (C=O) groups excluding carboxylic acids is 2. The van der Waals surface area contributed by atoms with Gasteiger partial charge in [0, 0.05) is 50.7 Å². The lowest BCUT2D eigenvalue weighted by atomic mass is 10.2. The number of rotatable bonds is 3. The minimum absolute atomic E-state index is 0.0333. The number of carbonyl (C=O) groups is 2. The number of aromatic nitrogens is 1. The molecule has 2 heterocycles. The monoisotopic (exact) mass is 392 g/mol. The molecule has 1 aromatic carbocycles. The fourth-order valence-corrected chi connectivity index (χ4v) is 2.96. The van der Waals surface area contributed by atoms with Gasteiger partial charge < -0.3 is 15.1 Å². The van der Waals surface area contributed by atoms with E-state index in [1.54, 1.807) is 17.0 Å². The largest absolute Gasteiger partial charge is 0.416 e. The van der Waals surface area contributed by atoms with E-state index in [2.05, 4.69) is 15.2 Å². The predicted octanol–water partition coefficient (Wildman–Crippen LogP) is 3.02. The Morgan fingerprint density at radius 3 is 2.25 bits per heavy atom. The molecule has 1 aromatic heterocycles. The van der Waals surface area contributed by atoms with Crippen molar-refractivity contribution in [2.24, 2.45) is 0 Å². The molecular weight excluding hydrogens is 373 g/mol. The van der Waals surface area contributed by atoms with Crippen molar-refractivity contribution in [3.8, 4) is 0 Å². The van der Waals surface area contributed by atoms with Crippen LogP contribution < -0.4 is 10.2 Å². The first-order valence-corrected chi connectivity index (χ1v) is 8.69. The average molecular weight is 392 g/mol. The summed E-state index contributed by atoms with van der Waals surface area (Å²) in [6.45, 7) is 4.02. The van der Waals surface area contributed by atoms with Crippen LogP contribution in [0.4, 0.5) is 24.5 Å². The normalized spacial score (nSPS) is 14.7. The van der Waals surface area contributed by atoms with Crippen LogP contribution in [0.25, 0.3) is 0 Å². The van der Waals surface area contributed by atoms with E-state index in [9.17, 15) is 22.8 Å². The molecule has 28 heavy (non-hydrogen) atoms. The topological polar surface area (TPSA) is 65.5 Å². The van der Waals surface area contributed by atoms with Gasteiger partial charge >= 0.3 is 6.18 Å². The standard InChI is InChI=1S/C19H19F3N4O2/c1-13(27)25-8-10-26(11-9-25)16-6-7-23-17(12-16)18(28)24-15-4-2-14(3-5-15)19(20,21)22/h2-7,12H,8-11H2,1H3,(H,24,28). The number of benzene rings is 1. The molecule has 1 N–H and O–H groups in total. The first-order valence-electron chi connectivity index (χ1n) is 8.69. The van der Waals surface area contributed by atoms with Crippen molar-refractivity contribution in [2.75, 3.05) is 36.4 Å². The van der Waals surface area contributed by atoms with Gasteiger partial charge in [0.25, 0.3) is 5.91 Å². The molecule has 1 saturated heterocycles. The highest BCUT2D eigenvalue weighted by molar-refractivity contribution is 6.03. The molecule has 9 heteroatoms. The molecule has 0 bridgehead atoms. The van der Waals surface area contributed by atoms with Crippen molar-refractivity contribution >= 4 is 23.2 Å². The van der Waals surface area contributed by atoms with Crippen LogP contribution in [0.15, 0.2) is 42.6 Å². The highest BCUT2D eigenvalue weighted by Gasteiger charge is 2.30. The predicted molar refractivity (Wildman–Crippen MR) is 98.1 cm³/mol. The van der Waals surface area contributed by atoms with Crippen molar-refractivity contribution in [3.63, 3.8) is 0 Å². The molecule has 0 saturated carbocycles. The van der Waals surface area contributed by atoms with Gasteiger partial charge in [0.15, 0.2) is 0 Å². The molecule has 3 rings (SSSR count). The van der Waals surface area contributed by atoms with Crippen LogP contribution in [0.5, 0.6) is 0 Å². The van der Waals surface area contributed by atoms with Crippen LogP contribution in [0.2, 0.25) is 0 Å². The van der Waals surface area contributed by atoms with E-state index in [-0.39, 0.29) is 17.3 Å². The average Bonchev–Trinajstić information content (AvgIpc) is 2.68. The lowest BCUT2D eigenvalue weighted by Gasteiger charge is -2.35. The Labute approximate surface area is 160 Å². The van der Waals surface area contributed by atoms with Gasteiger partial charge in [-0.15, -0.1) is 0 Å². The quantitative estimate of drug-likeness (QED) is 0.872. The molecule has 0 spiro atoms. The van der Waals surface area contributed by atoms with Gasteiger partial charge in [0.05, 0.1) is 5.56 Å². The van der Waals surface area contributed by atoms with E-state index in [0.29, 0.717) is 26.2 Å². The minimum atomic E-state index is -4.43. The number of halogens is 3. The SMILES string of the molecule is CC(=O)N1CCN(c2ccnc(C(=O)Nc3ccc(C(F)(F)F)cc3)c2)CC1. The zero-order valence-electron chi connectivity index (χ0n) is 15.2. The van der Waals surface area contributed by atoms with E-state index >= 15 is 0 Å². The second kappa shape index (κ2) is 7.87. The van der Waals surface area contributed by atoms with Crippen LogP contribution in [-0.2, 0) is 11.0 Å². The molecule has 0 radical (unpaired) electrons. The Morgan fingerprint density at radius 1 is 1.04 bits per heavy atom. The number of anilines is 2. The van der Waals surface area contributed by atoms with E-state index in [1.807, 2.05) is 0 Å². The maximum absolute atomic E-state index is 12.6. The molecule has 2 aromatic rings. The van der Waals surface area contributed by atoms with E-state index in [1.165, 1.54) is 25.3 Å². The maximum atomic E-state index is 12.6. The molecule has 0 aliphatic carbocycles. The van der Waals surface area contributed by atoms with Crippen LogP contribution >= 0.6 is 0 Å². The number of nitrogens with one attached hydrogen (secondary N) is 1.